The molecular formula is C16H22N2O3S2. The molecule has 2 aliphatic rings. The molecule has 23 heavy (non-hydrogen) atoms. The Morgan fingerprint density at radius 3 is 2.61 bits per heavy atom. The van der Waals surface area contributed by atoms with Crippen LogP contribution in [-0.2, 0) is 9.84 Å². The van der Waals surface area contributed by atoms with E-state index in [2.05, 4.69) is 11.8 Å². The molecule has 1 saturated heterocycles. The zero-order valence-corrected chi connectivity index (χ0v) is 15.1. The van der Waals surface area contributed by atoms with E-state index >= 15 is 0 Å². The molecule has 7 heteroatoms. The van der Waals surface area contributed by atoms with Crippen molar-refractivity contribution in [2.75, 3.05) is 29.6 Å². The van der Waals surface area contributed by atoms with E-state index in [1.165, 1.54) is 0 Å². The Balaban J connectivity index is 1.80. The number of fused-ring (bicyclic) bond motifs is 1. The molecule has 0 unspecified atom stereocenters. The number of ether oxygens (including phenoxy) is 1. The highest BCUT2D eigenvalue weighted by Crippen LogP contribution is 2.37. The molecule has 1 fully saturated rings. The maximum absolute atomic E-state index is 11.7. The van der Waals surface area contributed by atoms with Crippen molar-refractivity contribution >= 4 is 32.5 Å². The fraction of sp³-hybridized carbons (Fsp3) is 0.562. The van der Waals surface area contributed by atoms with Crippen molar-refractivity contribution in [1.29, 1.82) is 0 Å². The zero-order valence-electron chi connectivity index (χ0n) is 13.4. The van der Waals surface area contributed by atoms with E-state index < -0.39 is 9.84 Å². The second-order valence-electron chi connectivity index (χ2n) is 5.79. The van der Waals surface area contributed by atoms with Crippen molar-refractivity contribution in [3.8, 4) is 5.75 Å². The topological polar surface area (TPSA) is 59.0 Å². The molecule has 1 aromatic carbocycles. The first-order valence-corrected chi connectivity index (χ1v) is 10.7. The monoisotopic (exact) mass is 354 g/mol. The van der Waals surface area contributed by atoms with E-state index in [-0.39, 0.29) is 22.8 Å². The maximum atomic E-state index is 11.7. The Kier molecular flexibility index (Phi) is 4.87. The summed E-state index contributed by atoms with van der Waals surface area (Å²) in [6.45, 7) is 5.62. The molecule has 0 N–H and O–H groups in total. The summed E-state index contributed by atoms with van der Waals surface area (Å²) in [5.41, 5.74) is 1.07. The van der Waals surface area contributed by atoms with E-state index in [0.717, 1.165) is 29.6 Å². The van der Waals surface area contributed by atoms with Gasteiger partial charge in [0.15, 0.2) is 15.0 Å². The lowest BCUT2D eigenvalue weighted by molar-refractivity contribution is 0.340. The van der Waals surface area contributed by atoms with Gasteiger partial charge in [-0.3, -0.25) is 4.99 Å². The first-order chi connectivity index (χ1) is 11.0. The number of hydrogen-bond donors (Lipinski definition) is 0. The predicted octanol–water partition coefficient (Wildman–Crippen LogP) is 2.57. The van der Waals surface area contributed by atoms with Gasteiger partial charge < -0.3 is 9.64 Å². The van der Waals surface area contributed by atoms with Gasteiger partial charge in [0, 0.05) is 17.5 Å². The lowest BCUT2D eigenvalue weighted by Crippen LogP contribution is -2.29. The molecule has 0 amide bonds. The Morgan fingerprint density at radius 1 is 1.26 bits per heavy atom. The number of anilines is 1. The van der Waals surface area contributed by atoms with E-state index in [1.54, 1.807) is 11.8 Å². The lowest BCUT2D eigenvalue weighted by atomic mass is 10.2. The Morgan fingerprint density at radius 2 is 2.00 bits per heavy atom. The minimum absolute atomic E-state index is 0.0806. The third-order valence-corrected chi connectivity index (χ3v) is 7.19. The predicted molar refractivity (Wildman–Crippen MR) is 96.5 cm³/mol. The molecule has 1 aromatic rings. The zero-order chi connectivity index (χ0) is 16.4. The maximum Gasteiger partial charge on any atom is 0.164 e. The largest absolute Gasteiger partial charge is 0.494 e. The van der Waals surface area contributed by atoms with Gasteiger partial charge in [0.1, 0.15) is 5.75 Å². The molecule has 2 aliphatic heterocycles. The Labute approximate surface area is 142 Å². The third kappa shape index (κ3) is 3.66. The Bertz CT molecular complexity index is 686. The number of thioether (sulfide) groups is 1. The minimum Gasteiger partial charge on any atom is -0.494 e. The number of aliphatic imine (C=N–C) groups is 1. The average molecular weight is 354 g/mol. The van der Waals surface area contributed by atoms with Gasteiger partial charge in [-0.2, -0.15) is 0 Å². The summed E-state index contributed by atoms with van der Waals surface area (Å²) < 4.78 is 28.9. The van der Waals surface area contributed by atoms with Crippen LogP contribution in [-0.4, -0.2) is 49.5 Å². The lowest BCUT2D eigenvalue weighted by Gasteiger charge is -2.24. The van der Waals surface area contributed by atoms with Crippen molar-refractivity contribution in [3.63, 3.8) is 0 Å². The van der Waals surface area contributed by atoms with Gasteiger partial charge in [-0.25, -0.2) is 8.42 Å². The van der Waals surface area contributed by atoms with E-state index in [4.69, 9.17) is 9.73 Å². The summed E-state index contributed by atoms with van der Waals surface area (Å²) in [5.74, 6) is 1.30. The molecule has 0 spiro atoms. The number of rotatable bonds is 5. The van der Waals surface area contributed by atoms with Crippen molar-refractivity contribution in [1.82, 2.24) is 0 Å². The highest BCUT2D eigenvalue weighted by atomic mass is 32.2. The number of benzene rings is 1. The second-order valence-corrected chi connectivity index (χ2v) is 9.15. The fourth-order valence-corrected chi connectivity index (χ4v) is 6.73. The molecule has 0 radical (unpaired) electrons. The normalized spacial score (nSPS) is 25.0. The van der Waals surface area contributed by atoms with Crippen molar-refractivity contribution < 1.29 is 13.2 Å². The van der Waals surface area contributed by atoms with Crippen LogP contribution in [0, 0.1) is 0 Å². The molecule has 3 rings (SSSR count). The van der Waals surface area contributed by atoms with Crippen molar-refractivity contribution in [2.45, 2.75) is 31.6 Å². The van der Waals surface area contributed by atoms with Crippen LogP contribution < -0.4 is 9.64 Å². The summed E-state index contributed by atoms with van der Waals surface area (Å²) >= 11 is 1.61. The van der Waals surface area contributed by atoms with Gasteiger partial charge in [0.05, 0.1) is 24.2 Å². The minimum atomic E-state index is -2.91. The highest BCUT2D eigenvalue weighted by molar-refractivity contribution is 8.15. The third-order valence-electron chi connectivity index (χ3n) is 3.94. The van der Waals surface area contributed by atoms with Crippen LogP contribution >= 0.6 is 11.8 Å². The molecule has 0 aromatic heterocycles. The van der Waals surface area contributed by atoms with Crippen molar-refractivity contribution in [2.24, 2.45) is 4.99 Å². The number of nitrogens with zero attached hydrogens (tertiary/aromatic N) is 2. The van der Waals surface area contributed by atoms with E-state index in [1.807, 2.05) is 31.2 Å². The quantitative estimate of drug-likeness (QED) is 0.813. The first-order valence-electron chi connectivity index (χ1n) is 7.97. The summed E-state index contributed by atoms with van der Waals surface area (Å²) in [7, 11) is -2.91. The van der Waals surface area contributed by atoms with E-state index in [9.17, 15) is 8.42 Å². The van der Waals surface area contributed by atoms with Crippen LogP contribution in [0.25, 0.3) is 0 Å². The van der Waals surface area contributed by atoms with E-state index in [0.29, 0.717) is 6.61 Å². The van der Waals surface area contributed by atoms with Crippen LogP contribution in [0.2, 0.25) is 0 Å². The molecule has 5 nitrogen and oxygen atoms in total. The van der Waals surface area contributed by atoms with Crippen molar-refractivity contribution in [3.05, 3.63) is 24.3 Å². The van der Waals surface area contributed by atoms with Gasteiger partial charge in [0.25, 0.3) is 0 Å². The smallest absolute Gasteiger partial charge is 0.164 e. The number of amidine groups is 1. The molecule has 2 heterocycles. The second kappa shape index (κ2) is 6.73. The van der Waals surface area contributed by atoms with Gasteiger partial charge >= 0.3 is 0 Å². The number of sulfone groups is 1. The van der Waals surface area contributed by atoms with Crippen LogP contribution in [0.3, 0.4) is 0 Å². The summed E-state index contributed by atoms with van der Waals surface area (Å²) in [4.78, 5) is 6.88. The number of hydrogen-bond acceptors (Lipinski definition) is 6. The molecule has 126 valence electrons. The van der Waals surface area contributed by atoms with Gasteiger partial charge in [0.2, 0.25) is 0 Å². The average Bonchev–Trinajstić information content (AvgIpc) is 2.99. The first kappa shape index (κ1) is 16.6. The summed E-state index contributed by atoms with van der Waals surface area (Å²) in [6.07, 6.45) is 1.00. The summed E-state index contributed by atoms with van der Waals surface area (Å²) in [6, 6.07) is 7.92. The molecular weight excluding hydrogens is 332 g/mol. The molecule has 0 saturated carbocycles. The summed E-state index contributed by atoms with van der Waals surface area (Å²) in [5, 5.41) is 1.03. The van der Waals surface area contributed by atoms with Gasteiger partial charge in [-0.15, -0.1) is 0 Å². The molecule has 2 atom stereocenters. The Hall–Kier alpha value is -1.21. The molecule has 0 aliphatic carbocycles. The van der Waals surface area contributed by atoms with Crippen LogP contribution in [0.4, 0.5) is 5.69 Å². The van der Waals surface area contributed by atoms with Gasteiger partial charge in [-0.05, 0) is 37.6 Å². The van der Waals surface area contributed by atoms with Crippen LogP contribution in [0.5, 0.6) is 5.75 Å². The van der Waals surface area contributed by atoms with Gasteiger partial charge in [-0.1, -0.05) is 18.7 Å². The SMILES string of the molecule is CCCN(C1=N[C@H]2CS(=O)(=O)C[C@@H]2S1)c1ccc(OCC)cc1. The van der Waals surface area contributed by atoms with Crippen LogP contribution in [0.15, 0.2) is 29.3 Å². The standard InChI is InChI=1S/C16H22N2O3S2/c1-3-9-18(12-5-7-13(8-6-12)21-4-2)16-17-14-10-23(19,20)11-15(14)22-16/h5-8,14-15H,3-4,9-11H2,1-2H3/t14-,15-/m0/s1. The highest BCUT2D eigenvalue weighted by Gasteiger charge is 2.43. The van der Waals surface area contributed by atoms with Crippen LogP contribution in [0.1, 0.15) is 20.3 Å². The molecule has 0 bridgehead atoms. The fourth-order valence-electron chi connectivity index (χ4n) is 2.92.